The van der Waals surface area contributed by atoms with Gasteiger partial charge in [-0.15, -0.1) is 0 Å². The van der Waals surface area contributed by atoms with E-state index < -0.39 is 0 Å². The molecule has 28 heavy (non-hydrogen) atoms. The van der Waals surface area contributed by atoms with Crippen LogP contribution in [0.15, 0.2) is 48.5 Å². The number of rotatable bonds is 7. The van der Waals surface area contributed by atoms with Gasteiger partial charge in [0.15, 0.2) is 0 Å². The van der Waals surface area contributed by atoms with Crippen LogP contribution in [0, 0.1) is 0 Å². The SMILES string of the molecule is C.CCCCc1ccc(NC(C)=O)cc1.CCCc1ccc(NC(C)=O)cc1. The summed E-state index contributed by atoms with van der Waals surface area (Å²) < 4.78 is 0. The summed E-state index contributed by atoms with van der Waals surface area (Å²) in [6.07, 6.45) is 5.81. The van der Waals surface area contributed by atoms with Crippen LogP contribution in [0.25, 0.3) is 0 Å². The highest BCUT2D eigenvalue weighted by Gasteiger charge is 1.96. The van der Waals surface area contributed by atoms with Gasteiger partial charge in [-0.2, -0.15) is 0 Å². The van der Waals surface area contributed by atoms with Crippen molar-refractivity contribution in [3.05, 3.63) is 59.7 Å². The average Bonchev–Trinajstić information content (AvgIpc) is 2.63. The number of nitrogens with one attached hydrogen (secondary N) is 2. The zero-order chi connectivity index (χ0) is 20.1. The van der Waals surface area contributed by atoms with Crippen LogP contribution in [0.2, 0.25) is 0 Å². The first-order chi connectivity index (χ1) is 12.9. The molecule has 0 unspecified atom stereocenters. The number of carbonyl (C=O) groups is 2. The Bertz CT molecular complexity index is 692. The van der Waals surface area contributed by atoms with Crippen LogP contribution in [0.5, 0.6) is 0 Å². The molecule has 154 valence electrons. The van der Waals surface area contributed by atoms with Crippen molar-refractivity contribution in [1.82, 2.24) is 0 Å². The van der Waals surface area contributed by atoms with Gasteiger partial charge in [-0.25, -0.2) is 0 Å². The molecule has 0 saturated carbocycles. The quantitative estimate of drug-likeness (QED) is 0.595. The molecule has 0 spiro atoms. The molecule has 0 aliphatic carbocycles. The predicted molar refractivity (Wildman–Crippen MR) is 121 cm³/mol. The van der Waals surface area contributed by atoms with E-state index >= 15 is 0 Å². The third-order valence-corrected chi connectivity index (χ3v) is 3.91. The highest BCUT2D eigenvalue weighted by Crippen LogP contribution is 2.12. The first-order valence-electron chi connectivity index (χ1n) is 9.67. The summed E-state index contributed by atoms with van der Waals surface area (Å²) in [5.41, 5.74) is 4.39. The highest BCUT2D eigenvalue weighted by atomic mass is 16.2. The molecule has 0 fully saturated rings. The second-order valence-electron chi connectivity index (χ2n) is 6.61. The van der Waals surface area contributed by atoms with Gasteiger partial charge >= 0.3 is 0 Å². The number of aryl methyl sites for hydroxylation is 2. The predicted octanol–water partition coefficient (Wildman–Crippen LogP) is 6.22. The van der Waals surface area contributed by atoms with Crippen LogP contribution in [-0.4, -0.2) is 11.8 Å². The normalized spacial score (nSPS) is 9.43. The molecular weight excluding hydrogens is 348 g/mol. The largest absolute Gasteiger partial charge is 0.326 e. The van der Waals surface area contributed by atoms with Gasteiger partial charge in [0.05, 0.1) is 0 Å². The Hall–Kier alpha value is -2.62. The molecule has 0 bridgehead atoms. The maximum Gasteiger partial charge on any atom is 0.221 e. The van der Waals surface area contributed by atoms with E-state index in [1.54, 1.807) is 0 Å². The molecular formula is C24H36N2O2. The summed E-state index contributed by atoms with van der Waals surface area (Å²) in [4.78, 5) is 21.5. The van der Waals surface area contributed by atoms with Crippen LogP contribution in [0.3, 0.4) is 0 Å². The van der Waals surface area contributed by atoms with Gasteiger partial charge in [0, 0.05) is 25.2 Å². The van der Waals surface area contributed by atoms with E-state index in [-0.39, 0.29) is 19.2 Å². The summed E-state index contributed by atoms with van der Waals surface area (Å²) in [5.74, 6) is -0.0467. The lowest BCUT2D eigenvalue weighted by Gasteiger charge is -2.03. The molecule has 0 saturated heterocycles. The molecule has 0 atom stereocenters. The number of amides is 2. The summed E-state index contributed by atoms with van der Waals surface area (Å²) in [6, 6.07) is 16.0. The van der Waals surface area contributed by atoms with Crippen LogP contribution < -0.4 is 10.6 Å². The second kappa shape index (κ2) is 14.4. The number of unbranched alkanes of at least 4 members (excludes halogenated alkanes) is 1. The highest BCUT2D eigenvalue weighted by molar-refractivity contribution is 5.89. The van der Waals surface area contributed by atoms with E-state index in [1.165, 1.54) is 37.8 Å². The average molecular weight is 385 g/mol. The van der Waals surface area contributed by atoms with Crippen LogP contribution in [-0.2, 0) is 22.4 Å². The third kappa shape index (κ3) is 11.2. The van der Waals surface area contributed by atoms with Gasteiger partial charge in [0.1, 0.15) is 0 Å². The van der Waals surface area contributed by atoms with Crippen molar-refractivity contribution in [1.29, 1.82) is 0 Å². The molecule has 2 N–H and O–H groups in total. The van der Waals surface area contributed by atoms with Crippen LogP contribution >= 0.6 is 0 Å². The zero-order valence-electron chi connectivity index (χ0n) is 17.0. The van der Waals surface area contributed by atoms with E-state index in [1.807, 2.05) is 24.3 Å². The monoisotopic (exact) mass is 384 g/mol. The molecule has 2 amide bonds. The van der Waals surface area contributed by atoms with Crippen molar-refractivity contribution in [2.24, 2.45) is 0 Å². The Labute approximate surface area is 170 Å². The molecule has 2 aromatic rings. The standard InChI is InChI=1S/C12H17NO.C11H15NO.CH4/c1-3-4-5-11-6-8-12(9-7-11)13-10(2)14;1-3-4-10-5-7-11(8-6-10)12-9(2)13;/h6-9H,3-5H2,1-2H3,(H,13,14);5-8H,3-4H2,1-2H3,(H,12,13);1H4. The number of hydrogen-bond acceptors (Lipinski definition) is 2. The van der Waals surface area contributed by atoms with Gasteiger partial charge in [0.2, 0.25) is 11.8 Å². The maximum absolute atomic E-state index is 10.8. The van der Waals surface area contributed by atoms with Gasteiger partial charge in [-0.05, 0) is 54.7 Å². The molecule has 0 aliphatic heterocycles. The van der Waals surface area contributed by atoms with Crippen molar-refractivity contribution in [2.45, 2.75) is 67.2 Å². The number of carbonyl (C=O) groups excluding carboxylic acids is 2. The van der Waals surface area contributed by atoms with Gasteiger partial charge in [0.25, 0.3) is 0 Å². The molecule has 4 nitrogen and oxygen atoms in total. The smallest absolute Gasteiger partial charge is 0.221 e. The van der Waals surface area contributed by atoms with Gasteiger partial charge < -0.3 is 10.6 Å². The van der Waals surface area contributed by atoms with Crippen molar-refractivity contribution in [3.8, 4) is 0 Å². The summed E-state index contributed by atoms with van der Waals surface area (Å²) in [6.45, 7) is 7.37. The molecule has 4 heteroatoms. The second-order valence-corrected chi connectivity index (χ2v) is 6.61. The van der Waals surface area contributed by atoms with Crippen LogP contribution in [0.4, 0.5) is 11.4 Å². The molecule has 0 heterocycles. The van der Waals surface area contributed by atoms with E-state index in [9.17, 15) is 9.59 Å². The van der Waals surface area contributed by atoms with E-state index in [4.69, 9.17) is 0 Å². The van der Waals surface area contributed by atoms with Crippen molar-refractivity contribution >= 4 is 23.2 Å². The fraction of sp³-hybridized carbons (Fsp3) is 0.417. The number of benzene rings is 2. The molecule has 2 rings (SSSR count). The fourth-order valence-electron chi connectivity index (χ4n) is 2.59. The molecule has 0 radical (unpaired) electrons. The van der Waals surface area contributed by atoms with Crippen molar-refractivity contribution in [3.63, 3.8) is 0 Å². The number of anilines is 2. The Morgan fingerprint density at radius 2 is 1.07 bits per heavy atom. The van der Waals surface area contributed by atoms with Crippen molar-refractivity contribution in [2.75, 3.05) is 10.6 Å². The van der Waals surface area contributed by atoms with E-state index in [0.29, 0.717) is 0 Å². The lowest BCUT2D eigenvalue weighted by molar-refractivity contribution is -0.115. The minimum Gasteiger partial charge on any atom is -0.326 e. The van der Waals surface area contributed by atoms with Gasteiger partial charge in [-0.3, -0.25) is 9.59 Å². The van der Waals surface area contributed by atoms with Gasteiger partial charge in [-0.1, -0.05) is 58.4 Å². The summed E-state index contributed by atoms with van der Waals surface area (Å²) in [7, 11) is 0. The Balaban J connectivity index is 0.000000504. The van der Waals surface area contributed by atoms with E-state index in [2.05, 4.69) is 48.7 Å². The first-order valence-corrected chi connectivity index (χ1v) is 9.67. The Morgan fingerprint density at radius 3 is 1.39 bits per heavy atom. The Kier molecular flexibility index (Phi) is 13.1. The lowest BCUT2D eigenvalue weighted by atomic mass is 10.1. The fourth-order valence-corrected chi connectivity index (χ4v) is 2.59. The van der Waals surface area contributed by atoms with Crippen LogP contribution in [0.1, 0.15) is 65.5 Å². The zero-order valence-corrected chi connectivity index (χ0v) is 17.0. The number of hydrogen-bond donors (Lipinski definition) is 2. The minimum atomic E-state index is -0.0248. The Morgan fingerprint density at radius 1 is 0.679 bits per heavy atom. The molecule has 0 aromatic heterocycles. The molecule has 2 aromatic carbocycles. The third-order valence-electron chi connectivity index (χ3n) is 3.91. The lowest BCUT2D eigenvalue weighted by Crippen LogP contribution is -2.05. The van der Waals surface area contributed by atoms with E-state index in [0.717, 1.165) is 30.6 Å². The first kappa shape index (κ1) is 25.4. The maximum atomic E-state index is 10.8. The summed E-state index contributed by atoms with van der Waals surface area (Å²) >= 11 is 0. The minimum absolute atomic E-state index is 0. The topological polar surface area (TPSA) is 58.2 Å². The van der Waals surface area contributed by atoms with Crippen molar-refractivity contribution < 1.29 is 9.59 Å². The summed E-state index contributed by atoms with van der Waals surface area (Å²) in [5, 5.41) is 5.48. The molecule has 0 aliphatic rings.